The van der Waals surface area contributed by atoms with Gasteiger partial charge in [0.2, 0.25) is 0 Å². The van der Waals surface area contributed by atoms with Crippen molar-refractivity contribution in [2.75, 3.05) is 54.5 Å². The number of nitrogens with one attached hydrogen (secondary N) is 1. The number of carbonyl (C=O) groups is 2. The van der Waals surface area contributed by atoms with Crippen LogP contribution < -0.4 is 15.1 Å². The van der Waals surface area contributed by atoms with Crippen LogP contribution in [0.25, 0.3) is 11.1 Å². The third kappa shape index (κ3) is 5.58. The van der Waals surface area contributed by atoms with Crippen LogP contribution >= 0.6 is 11.8 Å². The zero-order valence-electron chi connectivity index (χ0n) is 18.6. The molecule has 0 saturated carbocycles. The van der Waals surface area contributed by atoms with Crippen molar-refractivity contribution in [3.63, 3.8) is 0 Å². The number of amides is 1. The number of aryl methyl sites for hydroxylation is 1. The first-order valence-corrected chi connectivity index (χ1v) is 11.8. The first kappa shape index (κ1) is 24.0. The molecule has 0 bridgehead atoms. The summed E-state index contributed by atoms with van der Waals surface area (Å²) in [6.45, 7) is 6.41. The number of cyclic esters (lactones) is 1. The summed E-state index contributed by atoms with van der Waals surface area (Å²) in [4.78, 5) is 29.3. The molecule has 2 aliphatic heterocycles. The Balaban J connectivity index is 0.000000913. The van der Waals surface area contributed by atoms with Gasteiger partial charge in [-0.15, -0.1) is 0 Å². The first-order chi connectivity index (χ1) is 15.5. The molecule has 172 valence electrons. The Hall–Kier alpha value is -2.65. The van der Waals surface area contributed by atoms with Crippen LogP contribution in [0, 0.1) is 12.7 Å². The highest BCUT2D eigenvalue weighted by atomic mass is 32.2. The minimum Gasteiger partial charge on any atom is -0.443 e. The number of pyridine rings is 1. The van der Waals surface area contributed by atoms with E-state index in [1.165, 1.54) is 17.9 Å². The summed E-state index contributed by atoms with van der Waals surface area (Å²) in [7, 11) is 1.80. The molecule has 1 N–H and O–H groups in total. The van der Waals surface area contributed by atoms with Gasteiger partial charge < -0.3 is 19.7 Å². The molecule has 0 spiro atoms. The standard InChI is InChI=1S/C21H25FN4O2S.C2H4O/c1-14-9-15(11-24-20(14)25-5-7-29-8-6-25)18-4-3-16(10-19(18)22)26-13-17(12-23-2)28-21(26)27;1-2-3/h3-4,9-11,17,23H,5-8,12-13H2,1-2H3;2H,1H3. The predicted octanol–water partition coefficient (Wildman–Crippen LogP) is 3.50. The summed E-state index contributed by atoms with van der Waals surface area (Å²) in [6.07, 6.45) is 1.80. The number of hydrogen-bond donors (Lipinski definition) is 1. The van der Waals surface area contributed by atoms with Gasteiger partial charge in [-0.05, 0) is 50.7 Å². The smallest absolute Gasteiger partial charge is 0.414 e. The van der Waals surface area contributed by atoms with Crippen molar-refractivity contribution in [1.29, 1.82) is 0 Å². The molecule has 9 heteroatoms. The number of aromatic nitrogens is 1. The van der Waals surface area contributed by atoms with Crippen LogP contribution in [0.2, 0.25) is 0 Å². The van der Waals surface area contributed by atoms with Crippen molar-refractivity contribution in [1.82, 2.24) is 10.3 Å². The van der Waals surface area contributed by atoms with Crippen molar-refractivity contribution in [3.8, 4) is 11.1 Å². The van der Waals surface area contributed by atoms with E-state index in [0.717, 1.165) is 47.8 Å². The number of nitrogens with zero attached hydrogens (tertiary/aromatic N) is 3. The lowest BCUT2D eigenvalue weighted by molar-refractivity contribution is -0.106. The zero-order chi connectivity index (χ0) is 23.1. The van der Waals surface area contributed by atoms with Gasteiger partial charge in [0.15, 0.2) is 0 Å². The first-order valence-electron chi connectivity index (χ1n) is 10.6. The summed E-state index contributed by atoms with van der Waals surface area (Å²) in [6, 6.07) is 6.84. The molecule has 1 aromatic carbocycles. The highest BCUT2D eigenvalue weighted by molar-refractivity contribution is 7.99. The molecule has 1 aromatic heterocycles. The van der Waals surface area contributed by atoms with E-state index in [1.54, 1.807) is 25.4 Å². The Bertz CT molecular complexity index is 953. The molecule has 2 aromatic rings. The fourth-order valence-corrected chi connectivity index (χ4v) is 4.70. The number of ether oxygens (including phenoxy) is 1. The number of aldehydes is 1. The van der Waals surface area contributed by atoms with Crippen LogP contribution in [0.4, 0.5) is 20.7 Å². The van der Waals surface area contributed by atoms with Gasteiger partial charge in [-0.1, -0.05) is 0 Å². The van der Waals surface area contributed by atoms with Gasteiger partial charge in [0.05, 0.1) is 12.2 Å². The Morgan fingerprint density at radius 3 is 2.66 bits per heavy atom. The maximum atomic E-state index is 14.9. The highest BCUT2D eigenvalue weighted by Crippen LogP contribution is 2.31. The minimum absolute atomic E-state index is 0.234. The van der Waals surface area contributed by atoms with Crippen molar-refractivity contribution in [3.05, 3.63) is 41.8 Å². The van der Waals surface area contributed by atoms with E-state index < -0.39 is 6.09 Å². The quantitative estimate of drug-likeness (QED) is 0.685. The number of halogens is 1. The molecule has 1 unspecified atom stereocenters. The Morgan fingerprint density at radius 1 is 1.31 bits per heavy atom. The fourth-order valence-electron chi connectivity index (χ4n) is 3.79. The second-order valence-electron chi connectivity index (χ2n) is 7.54. The van der Waals surface area contributed by atoms with Crippen molar-refractivity contribution >= 4 is 35.6 Å². The second-order valence-corrected chi connectivity index (χ2v) is 8.76. The number of benzene rings is 1. The number of anilines is 2. The van der Waals surface area contributed by atoms with Crippen LogP contribution in [-0.4, -0.2) is 68.2 Å². The van der Waals surface area contributed by atoms with Crippen LogP contribution in [0.5, 0.6) is 0 Å². The summed E-state index contributed by atoms with van der Waals surface area (Å²) in [5.41, 5.74) is 2.75. The lowest BCUT2D eigenvalue weighted by Crippen LogP contribution is -2.33. The third-order valence-corrected chi connectivity index (χ3v) is 6.18. The van der Waals surface area contributed by atoms with Gasteiger partial charge >= 0.3 is 6.09 Å². The molecule has 1 amide bonds. The molecule has 1 atom stereocenters. The Kier molecular flexibility index (Phi) is 8.46. The number of carbonyl (C=O) groups excluding carboxylic acids is 2. The van der Waals surface area contributed by atoms with E-state index in [2.05, 4.69) is 15.2 Å². The third-order valence-electron chi connectivity index (χ3n) is 5.24. The minimum atomic E-state index is -0.445. The maximum Gasteiger partial charge on any atom is 0.414 e. The van der Waals surface area contributed by atoms with Crippen LogP contribution in [0.3, 0.4) is 0 Å². The summed E-state index contributed by atoms with van der Waals surface area (Å²) in [5.74, 6) is 2.80. The van der Waals surface area contributed by atoms with Crippen LogP contribution in [0.15, 0.2) is 30.5 Å². The highest BCUT2D eigenvalue weighted by Gasteiger charge is 2.32. The Morgan fingerprint density at radius 2 is 2.03 bits per heavy atom. The predicted molar refractivity (Wildman–Crippen MR) is 127 cm³/mol. The molecule has 0 radical (unpaired) electrons. The molecule has 2 aliphatic rings. The van der Waals surface area contributed by atoms with Gasteiger partial charge in [-0.3, -0.25) is 4.90 Å². The zero-order valence-corrected chi connectivity index (χ0v) is 19.5. The molecular formula is C23H29FN4O3S. The van der Waals surface area contributed by atoms with E-state index in [4.69, 9.17) is 9.53 Å². The Labute approximate surface area is 192 Å². The van der Waals surface area contributed by atoms with Crippen LogP contribution in [0.1, 0.15) is 12.5 Å². The number of thioether (sulfide) groups is 1. The second kappa shape index (κ2) is 11.3. The van der Waals surface area contributed by atoms with Crippen LogP contribution in [-0.2, 0) is 9.53 Å². The summed E-state index contributed by atoms with van der Waals surface area (Å²) < 4.78 is 20.2. The largest absolute Gasteiger partial charge is 0.443 e. The van der Waals surface area contributed by atoms with Crippen molar-refractivity contribution < 1.29 is 18.7 Å². The van der Waals surface area contributed by atoms with Gasteiger partial charge in [-0.2, -0.15) is 11.8 Å². The normalized spacial score (nSPS) is 18.1. The lowest BCUT2D eigenvalue weighted by Gasteiger charge is -2.28. The summed E-state index contributed by atoms with van der Waals surface area (Å²) >= 11 is 1.96. The van der Waals surface area contributed by atoms with Crippen molar-refractivity contribution in [2.24, 2.45) is 0 Å². The van der Waals surface area contributed by atoms with E-state index in [1.807, 2.05) is 24.8 Å². The lowest BCUT2D eigenvalue weighted by atomic mass is 10.0. The fraction of sp³-hybridized carbons (Fsp3) is 0.435. The molecule has 2 fully saturated rings. The average Bonchev–Trinajstić information content (AvgIpc) is 3.15. The van der Waals surface area contributed by atoms with Gasteiger partial charge in [0, 0.05) is 48.5 Å². The van der Waals surface area contributed by atoms with Gasteiger partial charge in [-0.25, -0.2) is 14.2 Å². The maximum absolute atomic E-state index is 14.9. The number of likely N-dealkylation sites (N-methyl/N-ethyl adjacent to an activating group) is 1. The topological polar surface area (TPSA) is 74.8 Å². The number of hydrogen-bond acceptors (Lipinski definition) is 7. The SMILES string of the molecule is CC=O.CNCC1CN(c2ccc(-c3cnc(N4CCSCC4)c(C)c3)c(F)c2)C(=O)O1. The molecule has 3 heterocycles. The van der Waals surface area contributed by atoms with Gasteiger partial charge in [0.25, 0.3) is 0 Å². The van der Waals surface area contributed by atoms with E-state index >= 15 is 0 Å². The molecule has 2 saturated heterocycles. The molecule has 32 heavy (non-hydrogen) atoms. The van der Waals surface area contributed by atoms with E-state index in [9.17, 15) is 9.18 Å². The number of rotatable bonds is 5. The van der Waals surface area contributed by atoms with E-state index in [-0.39, 0.29) is 11.9 Å². The average molecular weight is 461 g/mol. The molecule has 0 aliphatic carbocycles. The summed E-state index contributed by atoms with van der Waals surface area (Å²) in [5, 5.41) is 2.99. The molecule has 4 rings (SSSR count). The van der Waals surface area contributed by atoms with Crippen molar-refractivity contribution in [2.45, 2.75) is 20.0 Å². The monoisotopic (exact) mass is 460 g/mol. The van der Waals surface area contributed by atoms with Gasteiger partial charge in [0.1, 0.15) is 24.0 Å². The van der Waals surface area contributed by atoms with E-state index in [0.29, 0.717) is 24.3 Å². The molecular weight excluding hydrogens is 431 g/mol. The molecule has 7 nitrogen and oxygen atoms in total.